The topological polar surface area (TPSA) is 166 Å². The average Bonchev–Trinajstić information content (AvgIpc) is 3.27. The van der Waals surface area contributed by atoms with E-state index in [-0.39, 0.29) is 23.0 Å². The van der Waals surface area contributed by atoms with Crippen LogP contribution in [-0.4, -0.2) is 48.1 Å². The Balaban J connectivity index is 1.66. The Labute approximate surface area is 196 Å². The van der Waals surface area contributed by atoms with E-state index < -0.39 is 11.0 Å². The van der Waals surface area contributed by atoms with Gasteiger partial charge < -0.3 is 20.3 Å². The van der Waals surface area contributed by atoms with Crippen LogP contribution >= 0.6 is 0 Å². The molecule has 0 unspecified atom stereocenters. The minimum atomic E-state index is -1.20. The smallest absolute Gasteiger partial charge is 0.432 e. The van der Waals surface area contributed by atoms with Gasteiger partial charge in [0.05, 0.1) is 29.3 Å². The van der Waals surface area contributed by atoms with E-state index in [0.29, 0.717) is 38.9 Å². The molecule has 0 saturated carbocycles. The Morgan fingerprint density at radius 3 is 2.71 bits per heavy atom. The average molecular weight is 472 g/mol. The molecule has 0 bridgehead atoms. The molecular formula is C23H16N6O6. The van der Waals surface area contributed by atoms with Crippen LogP contribution in [0.5, 0.6) is 11.5 Å². The van der Waals surface area contributed by atoms with E-state index >= 15 is 0 Å². The van der Waals surface area contributed by atoms with Gasteiger partial charge in [0.2, 0.25) is 0 Å². The standard InChI is InChI=1S/C23H16N6O6/c1-35-20-10-17-16(9-19(20)30)22(27-21(26-17)12-3-2-4-15(8-12)29(33)34)25-14-5-6-18-13(7-14)11-24-28(18)23(31)32/h2-11,30H,1H3,(H,31,32)(H,25,26,27). The Hall–Kier alpha value is -5.26. The summed E-state index contributed by atoms with van der Waals surface area (Å²) in [6.07, 6.45) is 0.228. The summed E-state index contributed by atoms with van der Waals surface area (Å²) in [7, 11) is 1.41. The molecule has 2 heterocycles. The van der Waals surface area contributed by atoms with Gasteiger partial charge in [0, 0.05) is 40.2 Å². The molecule has 0 aliphatic heterocycles. The fourth-order valence-corrected chi connectivity index (χ4v) is 3.69. The van der Waals surface area contributed by atoms with Gasteiger partial charge in [0.1, 0.15) is 5.82 Å². The first-order valence-corrected chi connectivity index (χ1v) is 10.2. The van der Waals surface area contributed by atoms with E-state index in [1.54, 1.807) is 36.4 Å². The Kier molecular flexibility index (Phi) is 5.09. The fraction of sp³-hybridized carbons (Fsp3) is 0.0435. The summed E-state index contributed by atoms with van der Waals surface area (Å²) in [4.78, 5) is 31.1. The van der Waals surface area contributed by atoms with E-state index in [1.807, 2.05) is 0 Å². The lowest BCUT2D eigenvalue weighted by Crippen LogP contribution is -2.08. The van der Waals surface area contributed by atoms with Crippen molar-refractivity contribution in [2.24, 2.45) is 0 Å². The van der Waals surface area contributed by atoms with E-state index in [9.17, 15) is 25.1 Å². The number of phenols is 1. The van der Waals surface area contributed by atoms with Gasteiger partial charge in [0.25, 0.3) is 5.69 Å². The zero-order valence-electron chi connectivity index (χ0n) is 18.0. The molecule has 0 saturated heterocycles. The number of hydrogen-bond donors (Lipinski definition) is 3. The SMILES string of the molecule is COc1cc2nc(-c3cccc([N+](=O)[O-])c3)nc(Nc3ccc4c(cnn4C(=O)O)c3)c2cc1O. The monoisotopic (exact) mass is 472 g/mol. The molecule has 0 radical (unpaired) electrons. The molecule has 5 rings (SSSR count). The summed E-state index contributed by atoms with van der Waals surface area (Å²) < 4.78 is 6.06. The second-order valence-corrected chi connectivity index (χ2v) is 7.48. The van der Waals surface area contributed by atoms with Crippen molar-refractivity contribution in [1.29, 1.82) is 0 Å². The normalized spacial score (nSPS) is 11.0. The zero-order chi connectivity index (χ0) is 24.7. The summed E-state index contributed by atoms with van der Waals surface area (Å²) in [5, 5.41) is 38.9. The van der Waals surface area contributed by atoms with Crippen LogP contribution in [0.15, 0.2) is 60.8 Å². The molecule has 5 aromatic rings. The van der Waals surface area contributed by atoms with Crippen LogP contribution < -0.4 is 10.1 Å². The molecule has 3 N–H and O–H groups in total. The number of nitro benzene ring substituents is 1. The molecule has 0 spiro atoms. The number of carbonyl (C=O) groups is 1. The first kappa shape index (κ1) is 21.6. The van der Waals surface area contributed by atoms with Crippen LogP contribution in [0, 0.1) is 10.1 Å². The number of fused-ring (bicyclic) bond motifs is 2. The first-order valence-electron chi connectivity index (χ1n) is 10.2. The number of aromatic hydroxyl groups is 1. The minimum absolute atomic E-state index is 0.107. The highest BCUT2D eigenvalue weighted by atomic mass is 16.6. The molecular weight excluding hydrogens is 456 g/mol. The summed E-state index contributed by atoms with van der Waals surface area (Å²) in [5.74, 6) is 0.623. The maximum absolute atomic E-state index is 11.3. The maximum atomic E-state index is 11.3. The molecule has 0 aliphatic rings. The fourth-order valence-electron chi connectivity index (χ4n) is 3.69. The van der Waals surface area contributed by atoms with Gasteiger partial charge in [-0.05, 0) is 24.3 Å². The van der Waals surface area contributed by atoms with Crippen molar-refractivity contribution in [2.45, 2.75) is 0 Å². The number of anilines is 2. The number of nitrogens with zero attached hydrogens (tertiary/aromatic N) is 5. The van der Waals surface area contributed by atoms with Crippen LogP contribution in [-0.2, 0) is 0 Å². The number of carboxylic acid groups (broad SMARTS) is 1. The van der Waals surface area contributed by atoms with E-state index in [4.69, 9.17) is 4.74 Å². The number of hydrogen-bond acceptors (Lipinski definition) is 9. The van der Waals surface area contributed by atoms with E-state index in [1.165, 1.54) is 31.5 Å². The van der Waals surface area contributed by atoms with E-state index in [2.05, 4.69) is 20.4 Å². The lowest BCUT2D eigenvalue weighted by molar-refractivity contribution is -0.384. The van der Waals surface area contributed by atoms with Crippen LogP contribution in [0.25, 0.3) is 33.2 Å². The highest BCUT2D eigenvalue weighted by Crippen LogP contribution is 2.36. The molecule has 0 amide bonds. The van der Waals surface area contributed by atoms with Crippen molar-refractivity contribution in [1.82, 2.24) is 19.7 Å². The third-order valence-corrected chi connectivity index (χ3v) is 5.32. The quantitative estimate of drug-likeness (QED) is 0.244. The van der Waals surface area contributed by atoms with Crippen LogP contribution in [0.4, 0.5) is 22.0 Å². The molecule has 0 fully saturated rings. The lowest BCUT2D eigenvalue weighted by atomic mass is 10.1. The molecule has 3 aromatic carbocycles. The Morgan fingerprint density at radius 2 is 1.97 bits per heavy atom. The summed E-state index contributed by atoms with van der Waals surface area (Å²) in [6, 6.07) is 13.9. The molecule has 35 heavy (non-hydrogen) atoms. The number of benzene rings is 3. The largest absolute Gasteiger partial charge is 0.504 e. The molecule has 174 valence electrons. The van der Waals surface area contributed by atoms with Gasteiger partial charge in [-0.15, -0.1) is 0 Å². The number of nitrogens with one attached hydrogen (secondary N) is 1. The number of ether oxygens (including phenoxy) is 1. The number of phenolic OH excluding ortho intramolecular Hbond substituents is 1. The van der Waals surface area contributed by atoms with Gasteiger partial charge >= 0.3 is 6.09 Å². The molecule has 0 aliphatic carbocycles. The third kappa shape index (κ3) is 3.88. The number of methoxy groups -OCH3 is 1. The van der Waals surface area contributed by atoms with Crippen LogP contribution in [0.1, 0.15) is 0 Å². The highest BCUT2D eigenvalue weighted by Gasteiger charge is 2.16. The number of rotatable bonds is 5. The van der Waals surface area contributed by atoms with Crippen LogP contribution in [0.3, 0.4) is 0 Å². The van der Waals surface area contributed by atoms with Gasteiger partial charge in [-0.3, -0.25) is 10.1 Å². The third-order valence-electron chi connectivity index (χ3n) is 5.32. The molecule has 0 atom stereocenters. The second-order valence-electron chi connectivity index (χ2n) is 7.48. The minimum Gasteiger partial charge on any atom is -0.504 e. The van der Waals surface area contributed by atoms with Crippen molar-refractivity contribution in [3.05, 3.63) is 70.9 Å². The van der Waals surface area contributed by atoms with E-state index in [0.717, 1.165) is 4.68 Å². The van der Waals surface area contributed by atoms with Gasteiger partial charge in [-0.2, -0.15) is 9.78 Å². The Bertz CT molecular complexity index is 1650. The Morgan fingerprint density at radius 1 is 1.14 bits per heavy atom. The summed E-state index contributed by atoms with van der Waals surface area (Å²) in [6.45, 7) is 0. The number of aromatic nitrogens is 4. The van der Waals surface area contributed by atoms with Crippen molar-refractivity contribution in [3.8, 4) is 22.9 Å². The van der Waals surface area contributed by atoms with Crippen molar-refractivity contribution >= 4 is 45.1 Å². The van der Waals surface area contributed by atoms with Gasteiger partial charge in [-0.25, -0.2) is 14.8 Å². The van der Waals surface area contributed by atoms with Gasteiger partial charge in [0.15, 0.2) is 17.3 Å². The number of non-ortho nitro benzene ring substituents is 1. The lowest BCUT2D eigenvalue weighted by Gasteiger charge is -2.13. The molecule has 12 nitrogen and oxygen atoms in total. The van der Waals surface area contributed by atoms with Crippen LogP contribution in [0.2, 0.25) is 0 Å². The predicted octanol–water partition coefficient (Wildman–Crippen LogP) is 4.54. The first-order chi connectivity index (χ1) is 16.8. The second kappa shape index (κ2) is 8.26. The molecule has 2 aromatic heterocycles. The van der Waals surface area contributed by atoms with Crippen molar-refractivity contribution < 1.29 is 24.7 Å². The molecule has 12 heteroatoms. The highest BCUT2D eigenvalue weighted by molar-refractivity contribution is 5.96. The maximum Gasteiger partial charge on any atom is 0.432 e. The number of nitro groups is 1. The van der Waals surface area contributed by atoms with Crippen molar-refractivity contribution in [2.75, 3.05) is 12.4 Å². The summed E-state index contributed by atoms with van der Waals surface area (Å²) in [5.41, 5.74) is 1.73. The zero-order valence-corrected chi connectivity index (χ0v) is 18.0. The van der Waals surface area contributed by atoms with Crippen molar-refractivity contribution in [3.63, 3.8) is 0 Å². The summed E-state index contributed by atoms with van der Waals surface area (Å²) >= 11 is 0. The predicted molar refractivity (Wildman–Crippen MR) is 126 cm³/mol. The van der Waals surface area contributed by atoms with Gasteiger partial charge in [-0.1, -0.05) is 12.1 Å².